The molecule has 0 spiro atoms. The summed E-state index contributed by atoms with van der Waals surface area (Å²) in [4.78, 5) is 36.2. The molecule has 2 aliphatic rings. The number of esters is 2. The van der Waals surface area contributed by atoms with E-state index in [1.54, 1.807) is 0 Å². The van der Waals surface area contributed by atoms with Gasteiger partial charge in [-0.05, 0) is 18.4 Å². The first-order valence-corrected chi connectivity index (χ1v) is 8.01. The fourth-order valence-electron chi connectivity index (χ4n) is 2.91. The third-order valence-electron chi connectivity index (χ3n) is 4.27. The Kier molecular flexibility index (Phi) is 4.41. The zero-order valence-electron chi connectivity index (χ0n) is 13.7. The summed E-state index contributed by atoms with van der Waals surface area (Å²) in [6.45, 7) is 3.40. The Morgan fingerprint density at radius 3 is 2.29 bits per heavy atom. The van der Waals surface area contributed by atoms with Gasteiger partial charge in [0.15, 0.2) is 5.78 Å². The van der Waals surface area contributed by atoms with Crippen LogP contribution in [0.4, 0.5) is 0 Å². The molecule has 6 heteroatoms. The van der Waals surface area contributed by atoms with Crippen molar-refractivity contribution in [2.75, 3.05) is 0 Å². The van der Waals surface area contributed by atoms with Crippen molar-refractivity contribution in [2.45, 2.75) is 45.2 Å². The van der Waals surface area contributed by atoms with Crippen molar-refractivity contribution in [1.82, 2.24) is 0 Å². The molecule has 128 valence electrons. The van der Waals surface area contributed by atoms with Gasteiger partial charge < -0.3 is 14.2 Å². The molecule has 0 aromatic heterocycles. The highest BCUT2D eigenvalue weighted by Crippen LogP contribution is 2.35. The molecule has 1 saturated heterocycles. The number of ketones is 1. The molecule has 3 rings (SSSR count). The molecular formula is C18H20O6. The summed E-state index contributed by atoms with van der Waals surface area (Å²) < 4.78 is 15.7. The van der Waals surface area contributed by atoms with Crippen LogP contribution in [0.1, 0.15) is 32.3 Å². The summed E-state index contributed by atoms with van der Waals surface area (Å²) in [6.07, 6.45) is 0.976. The third-order valence-corrected chi connectivity index (χ3v) is 4.27. The van der Waals surface area contributed by atoms with Gasteiger partial charge in [0, 0.05) is 19.8 Å². The van der Waals surface area contributed by atoms with Gasteiger partial charge in [0.1, 0.15) is 0 Å². The minimum absolute atomic E-state index is 0.0359. The predicted octanol–water partition coefficient (Wildman–Crippen LogP) is 2.00. The summed E-state index contributed by atoms with van der Waals surface area (Å²) in [5.41, 5.74) is 1.06. The molecule has 0 bridgehead atoms. The highest BCUT2D eigenvalue weighted by molar-refractivity contribution is 6.16. The van der Waals surface area contributed by atoms with Crippen LogP contribution in [0.15, 0.2) is 30.3 Å². The average molecular weight is 332 g/mol. The van der Waals surface area contributed by atoms with Crippen LogP contribution in [0.25, 0.3) is 0 Å². The van der Waals surface area contributed by atoms with Gasteiger partial charge in [0.25, 0.3) is 5.79 Å². The highest BCUT2D eigenvalue weighted by atomic mass is 16.7. The van der Waals surface area contributed by atoms with Crippen LogP contribution in [0.2, 0.25) is 0 Å². The fraction of sp³-hybridized carbons (Fsp3) is 0.500. The first-order valence-electron chi connectivity index (χ1n) is 8.01. The van der Waals surface area contributed by atoms with Crippen LogP contribution in [-0.4, -0.2) is 29.6 Å². The van der Waals surface area contributed by atoms with Crippen molar-refractivity contribution in [3.05, 3.63) is 35.9 Å². The number of ether oxygens (including phenoxy) is 3. The quantitative estimate of drug-likeness (QED) is 0.606. The standard InChI is InChI=1S/C18H20O6/c1-18(2)23-16(20)14(17(21)24-18)15(19)12-8-13(9-12)22-10-11-6-4-3-5-7-11/h3-7,12-14H,8-10H2,1-2H3. The van der Waals surface area contributed by atoms with Gasteiger partial charge in [0.2, 0.25) is 5.92 Å². The molecule has 6 nitrogen and oxygen atoms in total. The lowest BCUT2D eigenvalue weighted by atomic mass is 9.75. The van der Waals surface area contributed by atoms with Gasteiger partial charge in [-0.1, -0.05) is 30.3 Å². The lowest BCUT2D eigenvalue weighted by Gasteiger charge is -2.37. The lowest BCUT2D eigenvalue weighted by molar-refractivity contribution is -0.239. The van der Waals surface area contributed by atoms with Crippen molar-refractivity contribution in [3.8, 4) is 0 Å². The number of hydrogen-bond acceptors (Lipinski definition) is 6. The van der Waals surface area contributed by atoms with E-state index in [0.717, 1.165) is 5.56 Å². The molecule has 0 amide bonds. The number of hydrogen-bond donors (Lipinski definition) is 0. The molecule has 1 aromatic rings. The summed E-state index contributed by atoms with van der Waals surface area (Å²) >= 11 is 0. The van der Waals surface area contributed by atoms with E-state index in [-0.39, 0.29) is 12.0 Å². The first-order chi connectivity index (χ1) is 11.4. The summed E-state index contributed by atoms with van der Waals surface area (Å²) in [5, 5.41) is 0. The Morgan fingerprint density at radius 2 is 1.71 bits per heavy atom. The molecule has 1 aliphatic heterocycles. The van der Waals surface area contributed by atoms with Crippen molar-refractivity contribution in [2.24, 2.45) is 11.8 Å². The van der Waals surface area contributed by atoms with Crippen molar-refractivity contribution < 1.29 is 28.6 Å². The second kappa shape index (κ2) is 6.36. The van der Waals surface area contributed by atoms with E-state index in [1.165, 1.54) is 13.8 Å². The minimum Gasteiger partial charge on any atom is -0.422 e. The number of rotatable bonds is 5. The monoisotopic (exact) mass is 332 g/mol. The zero-order chi connectivity index (χ0) is 17.3. The van der Waals surface area contributed by atoms with E-state index in [4.69, 9.17) is 14.2 Å². The number of carbonyl (C=O) groups is 3. The molecule has 1 saturated carbocycles. The van der Waals surface area contributed by atoms with E-state index in [2.05, 4.69) is 0 Å². The van der Waals surface area contributed by atoms with Crippen LogP contribution in [0.3, 0.4) is 0 Å². The second-order valence-corrected chi connectivity index (χ2v) is 6.66. The molecule has 0 unspecified atom stereocenters. The second-order valence-electron chi connectivity index (χ2n) is 6.66. The normalized spacial score (nSPS) is 26.2. The van der Waals surface area contributed by atoms with E-state index >= 15 is 0 Å². The van der Waals surface area contributed by atoms with Gasteiger partial charge in [-0.25, -0.2) is 0 Å². The molecule has 1 heterocycles. The van der Waals surface area contributed by atoms with Crippen LogP contribution < -0.4 is 0 Å². The van der Waals surface area contributed by atoms with Crippen LogP contribution >= 0.6 is 0 Å². The highest BCUT2D eigenvalue weighted by Gasteiger charge is 2.51. The van der Waals surface area contributed by atoms with E-state index in [9.17, 15) is 14.4 Å². The molecule has 2 fully saturated rings. The smallest absolute Gasteiger partial charge is 0.331 e. The molecule has 24 heavy (non-hydrogen) atoms. The largest absolute Gasteiger partial charge is 0.422 e. The molecule has 1 aliphatic carbocycles. The Labute approximate surface area is 140 Å². The maximum absolute atomic E-state index is 12.4. The summed E-state index contributed by atoms with van der Waals surface area (Å²) in [5.74, 6) is -5.22. The van der Waals surface area contributed by atoms with Crippen molar-refractivity contribution >= 4 is 17.7 Å². The van der Waals surface area contributed by atoms with Gasteiger partial charge in [-0.3, -0.25) is 14.4 Å². The van der Waals surface area contributed by atoms with Gasteiger partial charge in [-0.15, -0.1) is 0 Å². The maximum atomic E-state index is 12.4. The third kappa shape index (κ3) is 3.48. The molecule has 0 N–H and O–H groups in total. The zero-order valence-corrected chi connectivity index (χ0v) is 13.7. The fourth-order valence-corrected chi connectivity index (χ4v) is 2.91. The molecule has 0 radical (unpaired) electrons. The summed E-state index contributed by atoms with van der Waals surface area (Å²) in [6, 6.07) is 9.75. The molecule has 1 aromatic carbocycles. The number of Topliss-reactive ketones (excluding diaryl/α,β-unsaturated/α-hetero) is 1. The first kappa shape index (κ1) is 16.6. The Bertz CT molecular complexity index is 625. The van der Waals surface area contributed by atoms with E-state index in [1.807, 2.05) is 30.3 Å². The molecule has 0 atom stereocenters. The van der Waals surface area contributed by atoms with E-state index in [0.29, 0.717) is 19.4 Å². The predicted molar refractivity (Wildman–Crippen MR) is 82.5 cm³/mol. The minimum atomic E-state index is -1.46. The Morgan fingerprint density at radius 1 is 1.12 bits per heavy atom. The van der Waals surface area contributed by atoms with Gasteiger partial charge in [0.05, 0.1) is 12.7 Å². The van der Waals surface area contributed by atoms with Crippen LogP contribution in [-0.2, 0) is 35.2 Å². The topological polar surface area (TPSA) is 78.9 Å². The SMILES string of the molecule is CC1(C)OC(=O)C(C(=O)C2CC(OCc3ccccc3)C2)C(=O)O1. The summed E-state index contributed by atoms with van der Waals surface area (Å²) in [7, 11) is 0. The van der Waals surface area contributed by atoms with Gasteiger partial charge >= 0.3 is 11.9 Å². The average Bonchev–Trinajstić information content (AvgIpc) is 2.44. The van der Waals surface area contributed by atoms with Gasteiger partial charge in [-0.2, -0.15) is 0 Å². The van der Waals surface area contributed by atoms with E-state index < -0.39 is 29.4 Å². The maximum Gasteiger partial charge on any atom is 0.331 e. The van der Waals surface area contributed by atoms with Crippen molar-refractivity contribution in [3.63, 3.8) is 0 Å². The van der Waals surface area contributed by atoms with Crippen LogP contribution in [0, 0.1) is 11.8 Å². The number of benzene rings is 1. The number of carbonyl (C=O) groups excluding carboxylic acids is 3. The van der Waals surface area contributed by atoms with Crippen LogP contribution in [0.5, 0.6) is 0 Å². The Balaban J connectivity index is 1.50. The van der Waals surface area contributed by atoms with Crippen molar-refractivity contribution in [1.29, 1.82) is 0 Å². The molecular weight excluding hydrogens is 312 g/mol. The lowest BCUT2D eigenvalue weighted by Crippen LogP contribution is -2.52. The number of cyclic esters (lactones) is 2. The Hall–Kier alpha value is -2.21.